The molecule has 1 rings (SSSR count). The highest BCUT2D eigenvalue weighted by molar-refractivity contribution is 5.65. The number of ether oxygens (including phenoxy) is 1. The van der Waals surface area contributed by atoms with Gasteiger partial charge >= 0.3 is 6.09 Å². The Bertz CT molecular complexity index is 150. The monoisotopic (exact) mass is 159 g/mol. The molecule has 1 amide bonds. The first kappa shape index (κ1) is 8.33. The molecule has 0 aromatic rings. The minimum atomic E-state index is -0.855. The number of carboxylic acid groups (broad SMARTS) is 1. The van der Waals surface area contributed by atoms with Gasteiger partial charge in [0.05, 0.1) is 25.3 Å². The van der Waals surface area contributed by atoms with Gasteiger partial charge in [0, 0.05) is 0 Å². The van der Waals surface area contributed by atoms with E-state index in [1.807, 2.05) is 13.8 Å². The Hall–Kier alpha value is -0.770. The summed E-state index contributed by atoms with van der Waals surface area (Å²) < 4.78 is 5.36. The Balaban J connectivity index is 2.49. The van der Waals surface area contributed by atoms with E-state index in [1.54, 1.807) is 0 Å². The predicted octanol–water partition coefficient (Wildman–Crippen LogP) is 0.774. The molecular formula is C7H13NO3. The van der Waals surface area contributed by atoms with Gasteiger partial charge in [-0.25, -0.2) is 4.79 Å². The molecule has 1 aliphatic rings. The van der Waals surface area contributed by atoms with Gasteiger partial charge in [-0.05, 0) is 13.8 Å². The van der Waals surface area contributed by atoms with Crippen LogP contribution in [0.25, 0.3) is 0 Å². The molecule has 2 unspecified atom stereocenters. The van der Waals surface area contributed by atoms with Gasteiger partial charge in [-0.1, -0.05) is 0 Å². The third-order valence-electron chi connectivity index (χ3n) is 1.69. The van der Waals surface area contributed by atoms with Crippen molar-refractivity contribution >= 4 is 6.09 Å². The van der Waals surface area contributed by atoms with Crippen molar-refractivity contribution in [1.29, 1.82) is 0 Å². The van der Waals surface area contributed by atoms with Crippen molar-refractivity contribution in [2.75, 3.05) is 13.1 Å². The zero-order valence-corrected chi connectivity index (χ0v) is 6.78. The van der Waals surface area contributed by atoms with E-state index in [-0.39, 0.29) is 12.2 Å². The molecule has 4 heteroatoms. The summed E-state index contributed by atoms with van der Waals surface area (Å²) in [5.41, 5.74) is 0. The van der Waals surface area contributed by atoms with Gasteiger partial charge in [0.1, 0.15) is 0 Å². The van der Waals surface area contributed by atoms with E-state index in [1.165, 1.54) is 4.90 Å². The van der Waals surface area contributed by atoms with Crippen LogP contribution in [-0.2, 0) is 4.74 Å². The summed E-state index contributed by atoms with van der Waals surface area (Å²) in [5, 5.41) is 8.64. The van der Waals surface area contributed by atoms with Gasteiger partial charge in [0.2, 0.25) is 0 Å². The average molecular weight is 159 g/mol. The minimum Gasteiger partial charge on any atom is -0.465 e. The third-order valence-corrected chi connectivity index (χ3v) is 1.69. The number of rotatable bonds is 0. The molecule has 0 radical (unpaired) electrons. The van der Waals surface area contributed by atoms with E-state index < -0.39 is 6.09 Å². The van der Waals surface area contributed by atoms with Crippen molar-refractivity contribution in [2.24, 2.45) is 0 Å². The second-order valence-electron chi connectivity index (χ2n) is 2.94. The molecule has 1 N–H and O–H groups in total. The molecule has 64 valence electrons. The van der Waals surface area contributed by atoms with Crippen LogP contribution in [-0.4, -0.2) is 41.4 Å². The SMILES string of the molecule is CC1CN(C(=O)O)CC(C)O1. The van der Waals surface area contributed by atoms with Crippen LogP contribution in [0.1, 0.15) is 13.8 Å². The maximum absolute atomic E-state index is 10.5. The van der Waals surface area contributed by atoms with Crippen LogP contribution >= 0.6 is 0 Å². The highest BCUT2D eigenvalue weighted by Crippen LogP contribution is 2.09. The summed E-state index contributed by atoms with van der Waals surface area (Å²) in [6.45, 7) is 4.73. The lowest BCUT2D eigenvalue weighted by atomic mass is 10.2. The second-order valence-corrected chi connectivity index (χ2v) is 2.94. The quantitative estimate of drug-likeness (QED) is 0.568. The first-order valence-electron chi connectivity index (χ1n) is 3.73. The molecule has 2 atom stereocenters. The Morgan fingerprint density at radius 3 is 2.27 bits per heavy atom. The minimum absolute atomic E-state index is 0.0230. The maximum atomic E-state index is 10.5. The number of morpholine rings is 1. The largest absolute Gasteiger partial charge is 0.465 e. The van der Waals surface area contributed by atoms with Crippen molar-refractivity contribution < 1.29 is 14.6 Å². The zero-order chi connectivity index (χ0) is 8.43. The summed E-state index contributed by atoms with van der Waals surface area (Å²) in [6, 6.07) is 0. The first-order chi connectivity index (χ1) is 5.09. The molecule has 0 aliphatic carbocycles. The van der Waals surface area contributed by atoms with Crippen LogP contribution in [0.4, 0.5) is 4.79 Å². The average Bonchev–Trinajstić information content (AvgIpc) is 1.85. The molecule has 1 heterocycles. The summed E-state index contributed by atoms with van der Waals surface area (Å²) in [5.74, 6) is 0. The third kappa shape index (κ3) is 2.08. The summed E-state index contributed by atoms with van der Waals surface area (Å²) in [7, 11) is 0. The summed E-state index contributed by atoms with van der Waals surface area (Å²) in [6.07, 6.45) is -0.809. The Labute approximate surface area is 65.8 Å². The van der Waals surface area contributed by atoms with E-state index in [0.717, 1.165) is 0 Å². The maximum Gasteiger partial charge on any atom is 0.407 e. The lowest BCUT2D eigenvalue weighted by molar-refractivity contribution is -0.0603. The first-order valence-corrected chi connectivity index (χ1v) is 3.73. The number of hydrogen-bond acceptors (Lipinski definition) is 2. The molecule has 0 aromatic carbocycles. The highest BCUT2D eigenvalue weighted by atomic mass is 16.5. The number of hydrogen-bond donors (Lipinski definition) is 1. The highest BCUT2D eigenvalue weighted by Gasteiger charge is 2.24. The van der Waals surface area contributed by atoms with Gasteiger partial charge in [0.25, 0.3) is 0 Å². The van der Waals surface area contributed by atoms with Gasteiger partial charge in [-0.3, -0.25) is 0 Å². The van der Waals surface area contributed by atoms with Crippen molar-refractivity contribution in [3.8, 4) is 0 Å². The standard InChI is InChI=1S/C7H13NO3/c1-5-3-8(7(9)10)4-6(2)11-5/h5-6H,3-4H2,1-2H3,(H,9,10). The lowest BCUT2D eigenvalue weighted by Crippen LogP contribution is -2.47. The number of carbonyl (C=O) groups is 1. The molecule has 1 aliphatic heterocycles. The normalized spacial score (nSPS) is 32.0. The molecule has 0 spiro atoms. The smallest absolute Gasteiger partial charge is 0.407 e. The molecule has 1 fully saturated rings. The molecule has 11 heavy (non-hydrogen) atoms. The Morgan fingerprint density at radius 2 is 1.91 bits per heavy atom. The van der Waals surface area contributed by atoms with Crippen LogP contribution in [0.3, 0.4) is 0 Å². The van der Waals surface area contributed by atoms with E-state index in [0.29, 0.717) is 13.1 Å². The van der Waals surface area contributed by atoms with Crippen molar-refractivity contribution in [3.05, 3.63) is 0 Å². The molecule has 0 aromatic heterocycles. The fourth-order valence-electron chi connectivity index (χ4n) is 1.33. The van der Waals surface area contributed by atoms with Gasteiger partial charge in [-0.2, -0.15) is 0 Å². The van der Waals surface area contributed by atoms with E-state index in [4.69, 9.17) is 9.84 Å². The van der Waals surface area contributed by atoms with Crippen LogP contribution in [0.15, 0.2) is 0 Å². The second kappa shape index (κ2) is 3.09. The summed E-state index contributed by atoms with van der Waals surface area (Å²) >= 11 is 0. The fourth-order valence-corrected chi connectivity index (χ4v) is 1.33. The van der Waals surface area contributed by atoms with Gasteiger partial charge < -0.3 is 14.7 Å². The van der Waals surface area contributed by atoms with Crippen LogP contribution in [0.2, 0.25) is 0 Å². The van der Waals surface area contributed by atoms with Crippen LogP contribution in [0.5, 0.6) is 0 Å². The molecule has 1 saturated heterocycles. The van der Waals surface area contributed by atoms with Crippen molar-refractivity contribution in [1.82, 2.24) is 4.90 Å². The summed E-state index contributed by atoms with van der Waals surface area (Å²) in [4.78, 5) is 11.9. The number of amides is 1. The predicted molar refractivity (Wildman–Crippen MR) is 39.6 cm³/mol. The zero-order valence-electron chi connectivity index (χ0n) is 6.78. The van der Waals surface area contributed by atoms with E-state index in [9.17, 15) is 4.79 Å². The van der Waals surface area contributed by atoms with Gasteiger partial charge in [0.15, 0.2) is 0 Å². The number of nitrogens with zero attached hydrogens (tertiary/aromatic N) is 1. The van der Waals surface area contributed by atoms with Crippen LogP contribution < -0.4 is 0 Å². The molecular weight excluding hydrogens is 146 g/mol. The Kier molecular flexibility index (Phi) is 2.34. The van der Waals surface area contributed by atoms with Crippen molar-refractivity contribution in [3.63, 3.8) is 0 Å². The van der Waals surface area contributed by atoms with E-state index in [2.05, 4.69) is 0 Å². The topological polar surface area (TPSA) is 49.8 Å². The van der Waals surface area contributed by atoms with Crippen LogP contribution in [0, 0.1) is 0 Å². The molecule has 0 saturated carbocycles. The van der Waals surface area contributed by atoms with Crippen molar-refractivity contribution in [2.45, 2.75) is 26.1 Å². The van der Waals surface area contributed by atoms with E-state index >= 15 is 0 Å². The Morgan fingerprint density at radius 1 is 1.45 bits per heavy atom. The van der Waals surface area contributed by atoms with Gasteiger partial charge in [-0.15, -0.1) is 0 Å². The lowest BCUT2D eigenvalue weighted by Gasteiger charge is -2.33. The fraction of sp³-hybridized carbons (Fsp3) is 0.857. The molecule has 0 bridgehead atoms. The molecule has 4 nitrogen and oxygen atoms in total.